The van der Waals surface area contributed by atoms with E-state index in [1.54, 1.807) is 33.9 Å². The highest BCUT2D eigenvalue weighted by molar-refractivity contribution is 7.89. The molecule has 0 saturated carbocycles. The highest BCUT2D eigenvalue weighted by atomic mass is 32.2. The molecule has 0 saturated heterocycles. The van der Waals surface area contributed by atoms with Gasteiger partial charge in [-0.15, -0.1) is 0 Å². The average Bonchev–Trinajstić information content (AvgIpc) is 2.61. The molecule has 0 bridgehead atoms. The Hall–Kier alpha value is -2.45. The van der Waals surface area contributed by atoms with Crippen LogP contribution in [0.5, 0.6) is 0 Å². The Kier molecular flexibility index (Phi) is 6.22. The minimum atomic E-state index is -3.65. The molecule has 0 radical (unpaired) electrons. The van der Waals surface area contributed by atoms with Crippen LogP contribution in [-0.4, -0.2) is 36.3 Å². The summed E-state index contributed by atoms with van der Waals surface area (Å²) in [5, 5.41) is 2.73. The second kappa shape index (κ2) is 8.06. The van der Waals surface area contributed by atoms with Crippen molar-refractivity contribution in [2.45, 2.75) is 32.6 Å². The molecule has 8 heteroatoms. The van der Waals surface area contributed by atoms with Crippen LogP contribution in [0.1, 0.15) is 35.3 Å². The van der Waals surface area contributed by atoms with Crippen molar-refractivity contribution in [1.29, 1.82) is 0 Å². The van der Waals surface area contributed by atoms with Crippen molar-refractivity contribution in [2.75, 3.05) is 18.4 Å². The van der Waals surface area contributed by atoms with E-state index in [2.05, 4.69) is 5.32 Å². The maximum absolute atomic E-state index is 12.8. The Morgan fingerprint density at radius 1 is 1.15 bits per heavy atom. The number of carbonyl (C=O) groups excluding carboxylic acids is 1. The van der Waals surface area contributed by atoms with Gasteiger partial charge < -0.3 is 9.88 Å². The monoisotopic (exact) mass is 391 g/mol. The maximum Gasteiger partial charge on any atom is 0.255 e. The van der Waals surface area contributed by atoms with Gasteiger partial charge in [-0.25, -0.2) is 8.42 Å². The highest BCUT2D eigenvalue weighted by Crippen LogP contribution is 2.26. The summed E-state index contributed by atoms with van der Waals surface area (Å²) >= 11 is 0. The molecule has 7 nitrogen and oxygen atoms in total. The van der Waals surface area contributed by atoms with E-state index in [0.717, 1.165) is 11.1 Å². The molecule has 0 atom stereocenters. The van der Waals surface area contributed by atoms with Gasteiger partial charge in [0.25, 0.3) is 11.5 Å². The molecular weight excluding hydrogens is 366 g/mol. The van der Waals surface area contributed by atoms with Crippen LogP contribution < -0.4 is 10.9 Å². The van der Waals surface area contributed by atoms with Gasteiger partial charge in [-0.1, -0.05) is 13.8 Å². The van der Waals surface area contributed by atoms with E-state index in [4.69, 9.17) is 0 Å². The third-order valence-corrected chi connectivity index (χ3v) is 6.63. The molecule has 1 N–H and O–H groups in total. The Morgan fingerprint density at radius 3 is 2.33 bits per heavy atom. The molecule has 2 aromatic rings. The quantitative estimate of drug-likeness (QED) is 0.818. The number of nitrogens with zero attached hydrogens (tertiary/aromatic N) is 2. The smallest absolute Gasteiger partial charge is 0.255 e. The largest absolute Gasteiger partial charge is 0.322 e. The standard InChI is InChI=1S/C19H25N3O4S/c1-6-22(7-2)27(25,26)16-10-13(3)14(4)17(12-16)20-19(24)15-8-9-21(5)18(23)11-15/h8-12H,6-7H2,1-5H3,(H,20,24). The second-order valence-electron chi connectivity index (χ2n) is 6.32. The van der Waals surface area contributed by atoms with Crippen molar-refractivity contribution in [2.24, 2.45) is 7.05 Å². The van der Waals surface area contributed by atoms with Gasteiger partial charge in [0.05, 0.1) is 4.90 Å². The lowest BCUT2D eigenvalue weighted by molar-refractivity contribution is 0.102. The Bertz CT molecular complexity index is 1020. The van der Waals surface area contributed by atoms with E-state index in [0.29, 0.717) is 18.8 Å². The van der Waals surface area contributed by atoms with Crippen LogP contribution >= 0.6 is 0 Å². The third-order valence-electron chi connectivity index (χ3n) is 4.60. The molecule has 0 aliphatic rings. The fourth-order valence-corrected chi connectivity index (χ4v) is 4.27. The molecule has 0 aliphatic carbocycles. The number of carbonyl (C=O) groups is 1. The van der Waals surface area contributed by atoms with Crippen LogP contribution in [0, 0.1) is 13.8 Å². The van der Waals surface area contributed by atoms with Gasteiger partial charge >= 0.3 is 0 Å². The predicted octanol–water partition coefficient (Wildman–Crippen LogP) is 2.28. The number of rotatable bonds is 6. The van der Waals surface area contributed by atoms with Gasteiger partial charge in [0.2, 0.25) is 10.0 Å². The number of aryl methyl sites for hydroxylation is 2. The van der Waals surface area contributed by atoms with Gasteiger partial charge in [0.1, 0.15) is 0 Å². The maximum atomic E-state index is 12.8. The first-order valence-corrected chi connectivity index (χ1v) is 10.1. The van der Waals surface area contributed by atoms with Gasteiger partial charge in [-0.3, -0.25) is 9.59 Å². The molecule has 146 valence electrons. The fourth-order valence-electron chi connectivity index (χ4n) is 2.70. The minimum Gasteiger partial charge on any atom is -0.322 e. The average molecular weight is 391 g/mol. The van der Waals surface area contributed by atoms with E-state index in [9.17, 15) is 18.0 Å². The SMILES string of the molecule is CCN(CC)S(=O)(=O)c1cc(C)c(C)c(NC(=O)c2ccn(C)c(=O)c2)c1. The molecular formula is C19H25N3O4S. The van der Waals surface area contributed by atoms with E-state index >= 15 is 0 Å². The Labute approximate surface area is 159 Å². The molecule has 1 heterocycles. The number of amides is 1. The van der Waals surface area contributed by atoms with Crippen LogP contribution in [-0.2, 0) is 17.1 Å². The summed E-state index contributed by atoms with van der Waals surface area (Å²) < 4.78 is 28.4. The Balaban J connectivity index is 2.45. The van der Waals surface area contributed by atoms with Crippen LogP contribution in [0.4, 0.5) is 5.69 Å². The molecule has 1 aromatic carbocycles. The summed E-state index contributed by atoms with van der Waals surface area (Å²) in [6.07, 6.45) is 1.51. The van der Waals surface area contributed by atoms with Crippen LogP contribution in [0.2, 0.25) is 0 Å². The van der Waals surface area contributed by atoms with Crippen molar-refractivity contribution in [1.82, 2.24) is 8.87 Å². The summed E-state index contributed by atoms with van der Waals surface area (Å²) in [5.74, 6) is -0.465. The molecule has 27 heavy (non-hydrogen) atoms. The number of hydrogen-bond acceptors (Lipinski definition) is 4. The van der Waals surface area contributed by atoms with Crippen LogP contribution in [0.15, 0.2) is 40.2 Å². The zero-order chi connectivity index (χ0) is 20.4. The van der Waals surface area contributed by atoms with E-state index in [-0.39, 0.29) is 16.0 Å². The summed E-state index contributed by atoms with van der Waals surface area (Å²) in [4.78, 5) is 24.4. The number of benzene rings is 1. The van der Waals surface area contributed by atoms with Gasteiger partial charge in [-0.05, 0) is 43.2 Å². The topological polar surface area (TPSA) is 88.5 Å². The van der Waals surface area contributed by atoms with E-state index < -0.39 is 15.9 Å². The van der Waals surface area contributed by atoms with Crippen LogP contribution in [0.3, 0.4) is 0 Å². The van der Waals surface area contributed by atoms with E-state index in [1.807, 2.05) is 6.92 Å². The Morgan fingerprint density at radius 2 is 1.78 bits per heavy atom. The summed E-state index contributed by atoms with van der Waals surface area (Å²) in [6.45, 7) is 7.89. The lowest BCUT2D eigenvalue weighted by Gasteiger charge is -2.20. The normalized spacial score (nSPS) is 11.6. The van der Waals surface area contributed by atoms with Crippen LogP contribution in [0.25, 0.3) is 0 Å². The van der Waals surface area contributed by atoms with Gasteiger partial charge in [0.15, 0.2) is 0 Å². The van der Waals surface area contributed by atoms with Crippen molar-refractivity contribution < 1.29 is 13.2 Å². The second-order valence-corrected chi connectivity index (χ2v) is 8.26. The summed E-state index contributed by atoms with van der Waals surface area (Å²) in [6, 6.07) is 5.86. The van der Waals surface area contributed by atoms with Gasteiger partial charge in [-0.2, -0.15) is 4.31 Å². The number of nitrogens with one attached hydrogen (secondary N) is 1. The fraction of sp³-hybridized carbons (Fsp3) is 0.368. The highest BCUT2D eigenvalue weighted by Gasteiger charge is 2.23. The molecule has 1 amide bonds. The van der Waals surface area contributed by atoms with Crippen molar-refractivity contribution >= 4 is 21.6 Å². The molecule has 0 unspecified atom stereocenters. The molecule has 0 spiro atoms. The lowest BCUT2D eigenvalue weighted by Crippen LogP contribution is -2.30. The summed E-state index contributed by atoms with van der Waals surface area (Å²) in [5.41, 5.74) is 1.85. The molecule has 1 aromatic heterocycles. The van der Waals surface area contributed by atoms with Crippen molar-refractivity contribution in [3.05, 3.63) is 57.5 Å². The van der Waals surface area contributed by atoms with E-state index in [1.165, 1.54) is 33.3 Å². The number of sulfonamides is 1. The predicted molar refractivity (Wildman–Crippen MR) is 106 cm³/mol. The van der Waals surface area contributed by atoms with Gasteiger partial charge in [0, 0.05) is 43.7 Å². The number of hydrogen-bond donors (Lipinski definition) is 1. The molecule has 0 fully saturated rings. The first kappa shape index (κ1) is 20.9. The number of pyridine rings is 1. The number of aromatic nitrogens is 1. The first-order chi connectivity index (χ1) is 12.6. The first-order valence-electron chi connectivity index (χ1n) is 8.71. The van der Waals surface area contributed by atoms with Crippen molar-refractivity contribution in [3.8, 4) is 0 Å². The van der Waals surface area contributed by atoms with Crippen molar-refractivity contribution in [3.63, 3.8) is 0 Å². The minimum absolute atomic E-state index is 0.133. The zero-order valence-corrected chi connectivity index (χ0v) is 17.1. The number of anilines is 1. The third kappa shape index (κ3) is 4.28. The molecule has 2 rings (SSSR count). The lowest BCUT2D eigenvalue weighted by atomic mass is 10.1. The molecule has 0 aliphatic heterocycles. The summed E-state index contributed by atoms with van der Waals surface area (Å²) in [7, 11) is -2.05. The zero-order valence-electron chi connectivity index (χ0n) is 16.2.